The lowest BCUT2D eigenvalue weighted by atomic mass is 10.1. The molecule has 0 aromatic rings. The fraction of sp³-hybridized carbons (Fsp3) is 0.682. The van der Waals surface area contributed by atoms with Crippen molar-refractivity contribution in [1.82, 2.24) is 0 Å². The van der Waals surface area contributed by atoms with Gasteiger partial charge in [0, 0.05) is 31.6 Å². The van der Waals surface area contributed by atoms with Crippen LogP contribution in [0.4, 0.5) is 0 Å². The second kappa shape index (κ2) is 13.2. The number of carbonyl (C=O) groups excluding carboxylic acids is 1. The summed E-state index contributed by atoms with van der Waals surface area (Å²) >= 11 is 3.48. The summed E-state index contributed by atoms with van der Waals surface area (Å²) in [5, 5.41) is 0.196. The van der Waals surface area contributed by atoms with Gasteiger partial charge in [-0.1, -0.05) is 49.2 Å². The van der Waals surface area contributed by atoms with E-state index in [0.717, 1.165) is 43.0 Å². The normalized spacial score (nSPS) is 12.3. The predicted molar refractivity (Wildman–Crippen MR) is 120 cm³/mol. The molecule has 0 aliphatic carbocycles. The standard InChI is InChI=1S/C22H35BrO3Si/c1-19(23)18-20(26-27(6,7)22(2,3)4)16-14-12-10-8-9-11-13-15-17-21(24)25-5/h20H,1,8-9,11,13-14,16,18H2,2-7H3. The van der Waals surface area contributed by atoms with Gasteiger partial charge in [-0.3, -0.25) is 0 Å². The zero-order chi connectivity index (χ0) is 20.9. The molecule has 1 atom stereocenters. The van der Waals surface area contributed by atoms with Gasteiger partial charge in [0.25, 0.3) is 0 Å². The Bertz CT molecular complexity index is 597. The van der Waals surface area contributed by atoms with Crippen LogP contribution in [0.15, 0.2) is 11.1 Å². The van der Waals surface area contributed by atoms with Gasteiger partial charge in [0.05, 0.1) is 13.2 Å². The summed E-state index contributed by atoms with van der Waals surface area (Å²) in [4.78, 5) is 10.8. The van der Waals surface area contributed by atoms with E-state index in [2.05, 4.69) is 84.8 Å². The van der Waals surface area contributed by atoms with Crippen LogP contribution in [-0.2, 0) is 14.0 Å². The highest BCUT2D eigenvalue weighted by Gasteiger charge is 2.38. The first-order chi connectivity index (χ1) is 12.5. The Morgan fingerprint density at radius 1 is 1.11 bits per heavy atom. The molecule has 0 N–H and O–H groups in total. The number of ether oxygens (including phenoxy) is 1. The number of esters is 1. The van der Waals surface area contributed by atoms with E-state index in [9.17, 15) is 4.79 Å². The van der Waals surface area contributed by atoms with Gasteiger partial charge in [-0.15, -0.1) is 11.8 Å². The summed E-state index contributed by atoms with van der Waals surface area (Å²) < 4.78 is 12.0. The van der Waals surface area contributed by atoms with Crippen LogP contribution >= 0.6 is 15.9 Å². The molecule has 5 heteroatoms. The van der Waals surface area contributed by atoms with Crippen LogP contribution in [0.3, 0.4) is 0 Å². The topological polar surface area (TPSA) is 35.5 Å². The maximum absolute atomic E-state index is 10.8. The first-order valence-corrected chi connectivity index (χ1v) is 13.2. The zero-order valence-electron chi connectivity index (χ0n) is 17.8. The fourth-order valence-electron chi connectivity index (χ4n) is 2.07. The SMILES string of the molecule is C=C(Br)CC(CCC#CCCCCC#CC(=O)OC)O[Si](C)(C)C(C)(C)C. The van der Waals surface area contributed by atoms with E-state index in [1.807, 2.05) is 0 Å². The third-order valence-electron chi connectivity index (χ3n) is 4.66. The minimum atomic E-state index is -1.80. The van der Waals surface area contributed by atoms with Crippen molar-refractivity contribution in [2.75, 3.05) is 7.11 Å². The van der Waals surface area contributed by atoms with Gasteiger partial charge in [0.1, 0.15) is 0 Å². The second-order valence-electron chi connectivity index (χ2n) is 8.11. The molecule has 1 unspecified atom stereocenters. The highest BCUT2D eigenvalue weighted by molar-refractivity contribution is 9.11. The van der Waals surface area contributed by atoms with E-state index in [1.165, 1.54) is 7.11 Å². The first-order valence-electron chi connectivity index (χ1n) is 9.53. The Balaban J connectivity index is 4.28. The van der Waals surface area contributed by atoms with Crippen molar-refractivity contribution in [3.8, 4) is 23.7 Å². The minimum absolute atomic E-state index is 0.167. The smallest absolute Gasteiger partial charge is 0.384 e. The lowest BCUT2D eigenvalue weighted by Crippen LogP contribution is -2.44. The molecule has 0 aromatic heterocycles. The second-order valence-corrected chi connectivity index (χ2v) is 14.0. The summed E-state index contributed by atoms with van der Waals surface area (Å²) in [7, 11) is -0.460. The van der Waals surface area contributed by atoms with Crippen molar-refractivity contribution in [3.05, 3.63) is 11.1 Å². The highest BCUT2D eigenvalue weighted by atomic mass is 79.9. The molecule has 0 saturated heterocycles. The lowest BCUT2D eigenvalue weighted by Gasteiger charge is -2.39. The maximum Gasteiger partial charge on any atom is 0.384 e. The van der Waals surface area contributed by atoms with E-state index >= 15 is 0 Å². The van der Waals surface area contributed by atoms with Crippen LogP contribution in [0.25, 0.3) is 0 Å². The number of methoxy groups -OCH3 is 1. The molecule has 27 heavy (non-hydrogen) atoms. The highest BCUT2D eigenvalue weighted by Crippen LogP contribution is 2.38. The van der Waals surface area contributed by atoms with Crippen molar-refractivity contribution in [2.24, 2.45) is 0 Å². The van der Waals surface area contributed by atoms with E-state index in [4.69, 9.17) is 4.43 Å². The Kier molecular flexibility index (Phi) is 12.7. The molecule has 0 heterocycles. The molecule has 0 amide bonds. The average molecular weight is 456 g/mol. The Labute approximate surface area is 175 Å². The Morgan fingerprint density at radius 3 is 2.19 bits per heavy atom. The van der Waals surface area contributed by atoms with E-state index in [-0.39, 0.29) is 11.1 Å². The van der Waals surface area contributed by atoms with Crippen LogP contribution in [0.1, 0.15) is 65.7 Å². The molecular formula is C22H35BrO3Si. The molecule has 152 valence electrons. The maximum atomic E-state index is 10.8. The molecule has 0 aliphatic heterocycles. The first kappa shape index (κ1) is 26.0. The molecule has 0 saturated carbocycles. The van der Waals surface area contributed by atoms with Gasteiger partial charge in [0.2, 0.25) is 0 Å². The molecular weight excluding hydrogens is 420 g/mol. The van der Waals surface area contributed by atoms with Crippen molar-refractivity contribution < 1.29 is 14.0 Å². The number of halogens is 1. The van der Waals surface area contributed by atoms with Gasteiger partial charge in [-0.2, -0.15) is 0 Å². The predicted octanol–water partition coefficient (Wildman–Crippen LogP) is 6.20. The molecule has 0 bridgehead atoms. The molecule has 0 radical (unpaired) electrons. The average Bonchev–Trinajstić information content (AvgIpc) is 2.54. The van der Waals surface area contributed by atoms with Gasteiger partial charge in [-0.25, -0.2) is 4.79 Å². The van der Waals surface area contributed by atoms with Gasteiger partial charge < -0.3 is 9.16 Å². The number of carbonyl (C=O) groups is 1. The lowest BCUT2D eigenvalue weighted by molar-refractivity contribution is -0.133. The third kappa shape index (κ3) is 12.9. The summed E-state index contributed by atoms with van der Waals surface area (Å²) in [5.74, 6) is 11.3. The van der Waals surface area contributed by atoms with Crippen LogP contribution in [0.2, 0.25) is 18.1 Å². The summed E-state index contributed by atoms with van der Waals surface area (Å²) in [6.07, 6.45) is 6.25. The van der Waals surface area contributed by atoms with Crippen molar-refractivity contribution in [1.29, 1.82) is 0 Å². The summed E-state index contributed by atoms with van der Waals surface area (Å²) in [6, 6.07) is 0. The summed E-state index contributed by atoms with van der Waals surface area (Å²) in [5.41, 5.74) is 0. The van der Waals surface area contributed by atoms with Gasteiger partial charge in [0.15, 0.2) is 8.32 Å². The number of unbranched alkanes of at least 4 members (excludes halogenated alkanes) is 3. The zero-order valence-corrected chi connectivity index (χ0v) is 20.4. The van der Waals surface area contributed by atoms with E-state index < -0.39 is 14.3 Å². The summed E-state index contributed by atoms with van der Waals surface area (Å²) in [6.45, 7) is 15.3. The van der Waals surface area contributed by atoms with Gasteiger partial charge in [-0.05, 0) is 41.9 Å². The molecule has 0 aromatic carbocycles. The van der Waals surface area contributed by atoms with E-state index in [1.54, 1.807) is 0 Å². The van der Waals surface area contributed by atoms with Crippen LogP contribution in [0.5, 0.6) is 0 Å². The quantitative estimate of drug-likeness (QED) is 0.137. The van der Waals surface area contributed by atoms with Crippen LogP contribution < -0.4 is 0 Å². The number of rotatable bonds is 9. The van der Waals surface area contributed by atoms with Crippen molar-refractivity contribution >= 4 is 30.2 Å². The van der Waals surface area contributed by atoms with Crippen molar-refractivity contribution in [3.63, 3.8) is 0 Å². The van der Waals surface area contributed by atoms with E-state index in [0.29, 0.717) is 6.42 Å². The molecule has 0 aliphatic rings. The molecule has 0 rings (SSSR count). The largest absolute Gasteiger partial charge is 0.459 e. The molecule has 0 spiro atoms. The van der Waals surface area contributed by atoms with Crippen LogP contribution in [-0.4, -0.2) is 27.5 Å². The van der Waals surface area contributed by atoms with Crippen LogP contribution in [0, 0.1) is 23.7 Å². The Hall–Kier alpha value is -1.01. The fourth-order valence-corrected chi connectivity index (χ4v) is 3.81. The molecule has 3 nitrogen and oxygen atoms in total. The Morgan fingerprint density at radius 2 is 1.67 bits per heavy atom. The minimum Gasteiger partial charge on any atom is -0.459 e. The third-order valence-corrected chi connectivity index (χ3v) is 9.52. The monoisotopic (exact) mass is 454 g/mol. The van der Waals surface area contributed by atoms with Gasteiger partial charge >= 0.3 is 5.97 Å². The van der Waals surface area contributed by atoms with Crippen molar-refractivity contribution in [2.45, 2.75) is 90.0 Å². The number of hydrogen-bond acceptors (Lipinski definition) is 3. The number of hydrogen-bond donors (Lipinski definition) is 0. The molecule has 0 fully saturated rings.